The Bertz CT molecular complexity index is 877. The van der Waals surface area contributed by atoms with Crippen LogP contribution in [0.1, 0.15) is 11.1 Å². The molecule has 0 radical (unpaired) electrons. The van der Waals surface area contributed by atoms with Crippen LogP contribution in [0.4, 0.5) is 11.4 Å². The van der Waals surface area contributed by atoms with Crippen molar-refractivity contribution < 1.29 is 4.79 Å². The monoisotopic (exact) mass is 342 g/mol. The number of amides is 1. The van der Waals surface area contributed by atoms with Gasteiger partial charge in [0.2, 0.25) is 5.91 Å². The molecule has 0 aromatic heterocycles. The van der Waals surface area contributed by atoms with Crippen molar-refractivity contribution in [3.05, 3.63) is 96.1 Å². The largest absolute Gasteiger partial charge is 0.358 e. The summed E-state index contributed by atoms with van der Waals surface area (Å²) in [6, 6.07) is 28.7. The molecule has 4 rings (SSSR count). The van der Waals surface area contributed by atoms with Gasteiger partial charge in [0.1, 0.15) is 0 Å². The average molecular weight is 342 g/mol. The van der Waals surface area contributed by atoms with Gasteiger partial charge in [0.15, 0.2) is 0 Å². The van der Waals surface area contributed by atoms with Crippen LogP contribution in [0.15, 0.2) is 84.9 Å². The van der Waals surface area contributed by atoms with E-state index < -0.39 is 0 Å². The molecular weight excluding hydrogens is 320 g/mol. The molecule has 0 saturated carbocycles. The van der Waals surface area contributed by atoms with Gasteiger partial charge in [0, 0.05) is 24.5 Å². The standard InChI is InChI=1S/C23H22N2O/c26-23(25-16-15-20-11-7-8-14-22(20)25)18-24(21-12-5-2-6-13-21)17-19-9-3-1-4-10-19/h1-14H,15-18H2. The van der Waals surface area contributed by atoms with Gasteiger partial charge < -0.3 is 9.80 Å². The molecule has 3 aromatic carbocycles. The lowest BCUT2D eigenvalue weighted by Gasteiger charge is -2.27. The fourth-order valence-electron chi connectivity index (χ4n) is 3.53. The maximum absolute atomic E-state index is 13.1. The number of hydrogen-bond acceptors (Lipinski definition) is 2. The summed E-state index contributed by atoms with van der Waals surface area (Å²) in [4.78, 5) is 17.1. The molecular formula is C23H22N2O. The summed E-state index contributed by atoms with van der Waals surface area (Å²) in [5.41, 5.74) is 4.59. The van der Waals surface area contributed by atoms with Crippen LogP contribution < -0.4 is 9.80 Å². The highest BCUT2D eigenvalue weighted by Gasteiger charge is 2.25. The minimum Gasteiger partial charge on any atom is -0.358 e. The van der Waals surface area contributed by atoms with Gasteiger partial charge in [-0.2, -0.15) is 0 Å². The molecule has 0 aliphatic carbocycles. The molecule has 0 bridgehead atoms. The second-order valence-electron chi connectivity index (χ2n) is 6.60. The summed E-state index contributed by atoms with van der Waals surface area (Å²) in [5, 5.41) is 0. The number of anilines is 2. The maximum atomic E-state index is 13.1. The van der Waals surface area contributed by atoms with Crippen LogP contribution in [-0.2, 0) is 17.8 Å². The van der Waals surface area contributed by atoms with Crippen LogP contribution in [0.3, 0.4) is 0 Å². The van der Waals surface area contributed by atoms with Gasteiger partial charge in [-0.1, -0.05) is 66.7 Å². The van der Waals surface area contributed by atoms with E-state index in [1.165, 1.54) is 11.1 Å². The lowest BCUT2D eigenvalue weighted by molar-refractivity contribution is -0.117. The van der Waals surface area contributed by atoms with Crippen molar-refractivity contribution in [2.75, 3.05) is 22.9 Å². The molecule has 0 N–H and O–H groups in total. The Kier molecular flexibility index (Phi) is 4.69. The first-order valence-corrected chi connectivity index (χ1v) is 9.03. The lowest BCUT2D eigenvalue weighted by Crippen LogP contribution is -2.39. The Hall–Kier alpha value is -3.07. The van der Waals surface area contributed by atoms with E-state index >= 15 is 0 Å². The first-order chi connectivity index (χ1) is 12.8. The summed E-state index contributed by atoms with van der Waals surface area (Å²) in [6.07, 6.45) is 0.936. The molecule has 3 nitrogen and oxygen atoms in total. The van der Waals surface area contributed by atoms with Crippen molar-refractivity contribution in [2.24, 2.45) is 0 Å². The molecule has 130 valence electrons. The Morgan fingerprint density at radius 2 is 1.50 bits per heavy atom. The van der Waals surface area contributed by atoms with Crippen LogP contribution in [0.25, 0.3) is 0 Å². The maximum Gasteiger partial charge on any atom is 0.246 e. The van der Waals surface area contributed by atoms with Crippen molar-refractivity contribution in [3.63, 3.8) is 0 Å². The minimum absolute atomic E-state index is 0.148. The molecule has 1 aliphatic rings. The molecule has 26 heavy (non-hydrogen) atoms. The second-order valence-corrected chi connectivity index (χ2v) is 6.60. The number of rotatable bonds is 5. The van der Waals surface area contributed by atoms with Crippen molar-refractivity contribution in [1.29, 1.82) is 0 Å². The second kappa shape index (κ2) is 7.44. The topological polar surface area (TPSA) is 23.6 Å². The number of fused-ring (bicyclic) bond motifs is 1. The summed E-state index contributed by atoms with van der Waals surface area (Å²) in [7, 11) is 0. The quantitative estimate of drug-likeness (QED) is 0.691. The van der Waals surface area contributed by atoms with Crippen LogP contribution >= 0.6 is 0 Å². The van der Waals surface area contributed by atoms with Gasteiger partial charge in [0.05, 0.1) is 6.54 Å². The lowest BCUT2D eigenvalue weighted by atomic mass is 10.2. The van der Waals surface area contributed by atoms with E-state index in [0.717, 1.165) is 24.3 Å². The summed E-state index contributed by atoms with van der Waals surface area (Å²) in [6.45, 7) is 1.85. The van der Waals surface area contributed by atoms with Crippen LogP contribution in [0.5, 0.6) is 0 Å². The van der Waals surface area contributed by atoms with E-state index in [0.29, 0.717) is 13.1 Å². The third-order valence-corrected chi connectivity index (χ3v) is 4.85. The Balaban J connectivity index is 1.56. The number of carbonyl (C=O) groups is 1. The van der Waals surface area contributed by atoms with Crippen LogP contribution in [0, 0.1) is 0 Å². The molecule has 0 unspecified atom stereocenters. The van der Waals surface area contributed by atoms with Gasteiger partial charge in [-0.3, -0.25) is 4.79 Å². The summed E-state index contributed by atoms with van der Waals surface area (Å²) >= 11 is 0. The van der Waals surface area contributed by atoms with Crippen molar-refractivity contribution >= 4 is 17.3 Å². The number of nitrogens with zero attached hydrogens (tertiary/aromatic N) is 2. The number of hydrogen-bond donors (Lipinski definition) is 0. The van der Waals surface area contributed by atoms with Crippen molar-refractivity contribution in [1.82, 2.24) is 0 Å². The molecule has 0 saturated heterocycles. The average Bonchev–Trinajstić information content (AvgIpc) is 3.13. The fraction of sp³-hybridized carbons (Fsp3) is 0.174. The van der Waals surface area contributed by atoms with E-state index in [9.17, 15) is 4.79 Å². The molecule has 3 aromatic rings. The zero-order valence-electron chi connectivity index (χ0n) is 14.7. The minimum atomic E-state index is 0.148. The fourth-order valence-corrected chi connectivity index (χ4v) is 3.53. The number of carbonyl (C=O) groups excluding carboxylic acids is 1. The van der Waals surface area contributed by atoms with E-state index in [1.807, 2.05) is 59.5 Å². The predicted octanol–water partition coefficient (Wildman–Crippen LogP) is 4.28. The first kappa shape index (κ1) is 16.4. The first-order valence-electron chi connectivity index (χ1n) is 9.03. The van der Waals surface area contributed by atoms with Gasteiger partial charge in [-0.15, -0.1) is 0 Å². The Morgan fingerprint density at radius 1 is 0.846 bits per heavy atom. The van der Waals surface area contributed by atoms with E-state index in [-0.39, 0.29) is 5.91 Å². The molecule has 0 spiro atoms. The van der Waals surface area contributed by atoms with E-state index in [4.69, 9.17) is 0 Å². The molecule has 3 heteroatoms. The van der Waals surface area contributed by atoms with E-state index in [2.05, 4.69) is 35.2 Å². The highest BCUT2D eigenvalue weighted by molar-refractivity contribution is 5.98. The van der Waals surface area contributed by atoms with Crippen LogP contribution in [0.2, 0.25) is 0 Å². The smallest absolute Gasteiger partial charge is 0.246 e. The van der Waals surface area contributed by atoms with Crippen molar-refractivity contribution in [2.45, 2.75) is 13.0 Å². The third-order valence-electron chi connectivity index (χ3n) is 4.85. The van der Waals surface area contributed by atoms with E-state index in [1.54, 1.807) is 0 Å². The van der Waals surface area contributed by atoms with Crippen molar-refractivity contribution in [3.8, 4) is 0 Å². The summed E-state index contributed by atoms with van der Waals surface area (Å²) < 4.78 is 0. The predicted molar refractivity (Wildman–Crippen MR) is 106 cm³/mol. The highest BCUT2D eigenvalue weighted by atomic mass is 16.2. The zero-order valence-corrected chi connectivity index (χ0v) is 14.7. The van der Waals surface area contributed by atoms with Gasteiger partial charge in [-0.05, 0) is 35.7 Å². The molecule has 0 fully saturated rings. The van der Waals surface area contributed by atoms with Crippen LogP contribution in [-0.4, -0.2) is 19.0 Å². The molecule has 1 heterocycles. The number of para-hydroxylation sites is 2. The normalized spacial score (nSPS) is 12.7. The molecule has 1 amide bonds. The Labute approximate surface area is 154 Å². The summed E-state index contributed by atoms with van der Waals surface area (Å²) in [5.74, 6) is 0.148. The SMILES string of the molecule is O=C(CN(Cc1ccccc1)c1ccccc1)N1CCc2ccccc21. The zero-order chi connectivity index (χ0) is 17.8. The third kappa shape index (κ3) is 3.47. The van der Waals surface area contributed by atoms with Gasteiger partial charge in [0.25, 0.3) is 0 Å². The Morgan fingerprint density at radius 3 is 2.27 bits per heavy atom. The highest BCUT2D eigenvalue weighted by Crippen LogP contribution is 2.28. The molecule has 0 atom stereocenters. The molecule has 1 aliphatic heterocycles. The number of benzene rings is 3. The van der Waals surface area contributed by atoms with Gasteiger partial charge in [-0.25, -0.2) is 0 Å². The van der Waals surface area contributed by atoms with Gasteiger partial charge >= 0.3 is 0 Å².